The number of pyridine rings is 1. The van der Waals surface area contributed by atoms with Crippen LogP contribution in [0.3, 0.4) is 0 Å². The monoisotopic (exact) mass is 279 g/mol. The summed E-state index contributed by atoms with van der Waals surface area (Å²) in [5, 5.41) is 7.78. The summed E-state index contributed by atoms with van der Waals surface area (Å²) in [5.41, 5.74) is 0.790. The Morgan fingerprint density at radius 3 is 2.84 bits per heavy atom. The number of hydrogen-bond acceptors (Lipinski definition) is 7. The molecule has 0 saturated heterocycles. The van der Waals surface area contributed by atoms with E-state index in [1.54, 1.807) is 38.4 Å². The third kappa shape index (κ3) is 3.54. The molecule has 0 amide bonds. The Morgan fingerprint density at radius 1 is 1.42 bits per heavy atom. The fourth-order valence-electron chi connectivity index (χ4n) is 1.33. The van der Waals surface area contributed by atoms with Crippen molar-refractivity contribution in [3.63, 3.8) is 0 Å². The van der Waals surface area contributed by atoms with Crippen LogP contribution < -0.4 is 0 Å². The largest absolute Gasteiger partial charge is 0.465 e. The zero-order chi connectivity index (χ0) is 13.7. The van der Waals surface area contributed by atoms with Gasteiger partial charge in [0, 0.05) is 18.0 Å². The Hall–Kier alpha value is -1.89. The van der Waals surface area contributed by atoms with Crippen molar-refractivity contribution in [1.82, 2.24) is 15.2 Å². The van der Waals surface area contributed by atoms with Crippen molar-refractivity contribution in [2.45, 2.75) is 24.3 Å². The number of hydrogen-bond donors (Lipinski definition) is 0. The predicted molar refractivity (Wildman–Crippen MR) is 69.5 cm³/mol. The second kappa shape index (κ2) is 6.33. The van der Waals surface area contributed by atoms with Crippen molar-refractivity contribution in [3.8, 4) is 11.5 Å². The maximum Gasteiger partial charge on any atom is 0.319 e. The molecule has 2 rings (SSSR count). The Bertz CT molecular complexity index is 544. The van der Waals surface area contributed by atoms with E-state index in [1.165, 1.54) is 11.8 Å². The van der Waals surface area contributed by atoms with Gasteiger partial charge in [0.15, 0.2) is 0 Å². The van der Waals surface area contributed by atoms with E-state index in [9.17, 15) is 4.79 Å². The summed E-state index contributed by atoms with van der Waals surface area (Å²) in [5.74, 6) is 0.108. The van der Waals surface area contributed by atoms with Gasteiger partial charge in [0.25, 0.3) is 5.22 Å². The van der Waals surface area contributed by atoms with Crippen LogP contribution in [0.25, 0.3) is 11.5 Å². The lowest BCUT2D eigenvalue weighted by Gasteiger charge is -2.06. The van der Waals surface area contributed by atoms with Crippen LogP contribution in [0.4, 0.5) is 0 Å². The molecule has 0 radical (unpaired) electrons. The van der Waals surface area contributed by atoms with Crippen molar-refractivity contribution < 1.29 is 13.9 Å². The first-order valence-corrected chi connectivity index (χ1v) is 6.66. The fraction of sp³-hybridized carbons (Fsp3) is 0.333. The number of ether oxygens (including phenoxy) is 1. The maximum atomic E-state index is 11.5. The van der Waals surface area contributed by atoms with Crippen LogP contribution in [-0.2, 0) is 9.53 Å². The molecule has 0 saturated carbocycles. The van der Waals surface area contributed by atoms with E-state index in [4.69, 9.17) is 9.15 Å². The van der Waals surface area contributed by atoms with Crippen LogP contribution in [-0.4, -0.2) is 33.0 Å². The first-order valence-electron chi connectivity index (χ1n) is 5.78. The average molecular weight is 279 g/mol. The van der Waals surface area contributed by atoms with E-state index in [0.29, 0.717) is 17.7 Å². The van der Waals surface area contributed by atoms with E-state index < -0.39 is 0 Å². The molecule has 0 aliphatic carbocycles. The van der Waals surface area contributed by atoms with Crippen molar-refractivity contribution in [2.24, 2.45) is 0 Å². The molecule has 0 fully saturated rings. The molecule has 0 unspecified atom stereocenters. The van der Waals surface area contributed by atoms with Crippen LogP contribution in [0.1, 0.15) is 13.8 Å². The molecule has 2 heterocycles. The number of carbonyl (C=O) groups is 1. The van der Waals surface area contributed by atoms with Crippen molar-refractivity contribution in [2.75, 3.05) is 6.61 Å². The molecule has 19 heavy (non-hydrogen) atoms. The maximum absolute atomic E-state index is 11.5. The topological polar surface area (TPSA) is 78.1 Å². The van der Waals surface area contributed by atoms with Gasteiger partial charge >= 0.3 is 5.97 Å². The number of thioether (sulfide) groups is 1. The van der Waals surface area contributed by atoms with Gasteiger partial charge in [-0.1, -0.05) is 11.8 Å². The molecule has 0 aliphatic rings. The summed E-state index contributed by atoms with van der Waals surface area (Å²) >= 11 is 1.18. The van der Waals surface area contributed by atoms with E-state index in [2.05, 4.69) is 15.2 Å². The van der Waals surface area contributed by atoms with Gasteiger partial charge in [0.2, 0.25) is 5.89 Å². The molecule has 0 aromatic carbocycles. The highest BCUT2D eigenvalue weighted by Crippen LogP contribution is 2.26. The molecule has 6 nitrogen and oxygen atoms in total. The SMILES string of the molecule is CCOC(=O)[C@H](C)Sc1nnc(-c2ccncc2)o1. The summed E-state index contributed by atoms with van der Waals surface area (Å²) in [7, 11) is 0. The van der Waals surface area contributed by atoms with Crippen LogP contribution in [0, 0.1) is 0 Å². The minimum atomic E-state index is -0.384. The Kier molecular flexibility index (Phi) is 4.51. The third-order valence-electron chi connectivity index (χ3n) is 2.23. The number of rotatable bonds is 5. The van der Waals surface area contributed by atoms with E-state index in [1.807, 2.05) is 0 Å². The molecule has 2 aromatic heterocycles. The lowest BCUT2D eigenvalue weighted by molar-refractivity contribution is -0.142. The van der Waals surface area contributed by atoms with Gasteiger partial charge in [0.1, 0.15) is 5.25 Å². The highest BCUT2D eigenvalue weighted by molar-refractivity contribution is 8.00. The molecular formula is C12H13N3O3S. The standard InChI is InChI=1S/C12H13N3O3S/c1-3-17-11(16)8(2)19-12-15-14-10(18-12)9-4-6-13-7-5-9/h4-8H,3H2,1-2H3/t8-/m0/s1. The third-order valence-corrected chi connectivity index (χ3v) is 3.14. The van der Waals surface area contributed by atoms with Crippen LogP contribution >= 0.6 is 11.8 Å². The number of nitrogens with zero attached hydrogens (tertiary/aromatic N) is 3. The van der Waals surface area contributed by atoms with Gasteiger partial charge < -0.3 is 9.15 Å². The summed E-state index contributed by atoms with van der Waals surface area (Å²) in [4.78, 5) is 15.4. The predicted octanol–water partition coefficient (Wildman–Crippen LogP) is 2.18. The van der Waals surface area contributed by atoms with E-state index in [-0.39, 0.29) is 11.2 Å². The molecule has 0 spiro atoms. The Balaban J connectivity index is 2.04. The summed E-state index contributed by atoms with van der Waals surface area (Å²) in [6.07, 6.45) is 3.29. The highest BCUT2D eigenvalue weighted by atomic mass is 32.2. The summed E-state index contributed by atoms with van der Waals surface area (Å²) in [6.45, 7) is 3.86. The quantitative estimate of drug-likeness (QED) is 0.613. The lowest BCUT2D eigenvalue weighted by atomic mass is 10.3. The summed E-state index contributed by atoms with van der Waals surface area (Å²) < 4.78 is 10.4. The molecule has 1 atom stereocenters. The smallest absolute Gasteiger partial charge is 0.319 e. The second-order valence-electron chi connectivity index (χ2n) is 3.62. The van der Waals surface area contributed by atoms with Gasteiger partial charge in [-0.3, -0.25) is 9.78 Å². The second-order valence-corrected chi connectivity index (χ2v) is 4.91. The van der Waals surface area contributed by atoms with E-state index in [0.717, 1.165) is 5.56 Å². The normalized spacial score (nSPS) is 12.1. The molecule has 0 bridgehead atoms. The zero-order valence-electron chi connectivity index (χ0n) is 10.6. The minimum Gasteiger partial charge on any atom is -0.465 e. The summed E-state index contributed by atoms with van der Waals surface area (Å²) in [6, 6.07) is 3.55. The molecule has 0 N–H and O–H groups in total. The number of carbonyl (C=O) groups excluding carboxylic acids is 1. The lowest BCUT2D eigenvalue weighted by Crippen LogP contribution is -2.16. The van der Waals surface area contributed by atoms with Crippen LogP contribution in [0.2, 0.25) is 0 Å². The van der Waals surface area contributed by atoms with Gasteiger partial charge in [-0.25, -0.2) is 0 Å². The first-order chi connectivity index (χ1) is 9.20. The van der Waals surface area contributed by atoms with Gasteiger partial charge in [-0.15, -0.1) is 10.2 Å². The number of aromatic nitrogens is 3. The molecular weight excluding hydrogens is 266 g/mol. The fourth-order valence-corrected chi connectivity index (χ4v) is 2.01. The molecule has 7 heteroatoms. The van der Waals surface area contributed by atoms with Gasteiger partial charge in [-0.05, 0) is 26.0 Å². The van der Waals surface area contributed by atoms with Crippen molar-refractivity contribution in [3.05, 3.63) is 24.5 Å². The van der Waals surface area contributed by atoms with Crippen LogP contribution in [0.5, 0.6) is 0 Å². The minimum absolute atomic E-state index is 0.295. The highest BCUT2D eigenvalue weighted by Gasteiger charge is 2.19. The molecule has 0 aliphatic heterocycles. The number of esters is 1. The first kappa shape index (κ1) is 13.5. The molecule has 2 aromatic rings. The Labute approximate surface area is 114 Å². The average Bonchev–Trinajstić information content (AvgIpc) is 2.88. The van der Waals surface area contributed by atoms with Gasteiger partial charge in [-0.2, -0.15) is 0 Å². The van der Waals surface area contributed by atoms with Gasteiger partial charge in [0.05, 0.1) is 6.61 Å². The van der Waals surface area contributed by atoms with Crippen molar-refractivity contribution >= 4 is 17.7 Å². The molecule has 100 valence electrons. The van der Waals surface area contributed by atoms with E-state index >= 15 is 0 Å². The Morgan fingerprint density at radius 2 is 2.16 bits per heavy atom. The zero-order valence-corrected chi connectivity index (χ0v) is 11.4. The van der Waals surface area contributed by atoms with Crippen LogP contribution in [0.15, 0.2) is 34.2 Å². The van der Waals surface area contributed by atoms with Crippen molar-refractivity contribution in [1.29, 1.82) is 0 Å².